The molecule has 0 unspecified atom stereocenters. The van der Waals surface area contributed by atoms with E-state index in [0.717, 1.165) is 18.1 Å². The molecule has 20 heavy (non-hydrogen) atoms. The van der Waals surface area contributed by atoms with Gasteiger partial charge in [0.25, 0.3) is 0 Å². The highest BCUT2D eigenvalue weighted by atomic mass is 32.2. The van der Waals surface area contributed by atoms with E-state index in [1.54, 1.807) is 0 Å². The molecule has 3 rings (SSSR count). The maximum absolute atomic E-state index is 4.54. The molecule has 0 atom stereocenters. The van der Waals surface area contributed by atoms with Crippen LogP contribution < -0.4 is 5.32 Å². The number of anilines is 1. The van der Waals surface area contributed by atoms with E-state index in [9.17, 15) is 0 Å². The summed E-state index contributed by atoms with van der Waals surface area (Å²) in [4.78, 5) is 4.54. The van der Waals surface area contributed by atoms with Gasteiger partial charge in [-0.15, -0.1) is 5.10 Å². The van der Waals surface area contributed by atoms with Crippen LogP contribution in [-0.2, 0) is 0 Å². The number of hydrogen-bond donors (Lipinski definition) is 1. The number of pyridine rings is 1. The molecule has 108 valence electrons. The maximum Gasteiger partial charge on any atom is 0.243 e. The molecule has 1 aliphatic rings. The summed E-state index contributed by atoms with van der Waals surface area (Å²) in [6, 6.07) is 4.08. The van der Waals surface area contributed by atoms with Crippen LogP contribution in [0.1, 0.15) is 37.7 Å². The summed E-state index contributed by atoms with van der Waals surface area (Å²) < 4.78 is 2.22. The van der Waals surface area contributed by atoms with Gasteiger partial charge in [-0.25, -0.2) is 4.52 Å². The van der Waals surface area contributed by atoms with E-state index < -0.39 is 0 Å². The molecule has 1 N–H and O–H groups in total. The van der Waals surface area contributed by atoms with Crippen LogP contribution in [0.25, 0.3) is 5.65 Å². The van der Waals surface area contributed by atoms with Crippen LogP contribution in [0.5, 0.6) is 0 Å². The van der Waals surface area contributed by atoms with Crippen LogP contribution in [0, 0.1) is 6.92 Å². The molecule has 1 saturated carbocycles. The first-order chi connectivity index (χ1) is 9.71. The molecule has 2 aromatic rings. The van der Waals surface area contributed by atoms with E-state index in [-0.39, 0.29) is 0 Å². The number of nitrogens with one attached hydrogen (secondary N) is 1. The minimum atomic E-state index is 0.367. The minimum Gasteiger partial charge on any atom is -0.352 e. The van der Waals surface area contributed by atoms with Gasteiger partial charge in [0.2, 0.25) is 5.95 Å². The number of rotatable bonds is 4. The summed E-state index contributed by atoms with van der Waals surface area (Å²) in [5, 5.41) is 7.96. The lowest BCUT2D eigenvalue weighted by Gasteiger charge is -2.35. The number of aromatic nitrogens is 3. The highest BCUT2D eigenvalue weighted by molar-refractivity contribution is 8.00. The quantitative estimate of drug-likeness (QED) is 0.935. The van der Waals surface area contributed by atoms with Gasteiger partial charge in [0, 0.05) is 17.5 Å². The smallest absolute Gasteiger partial charge is 0.243 e. The van der Waals surface area contributed by atoms with Crippen molar-refractivity contribution in [3.8, 4) is 0 Å². The minimum absolute atomic E-state index is 0.367. The first-order valence-electron chi connectivity index (χ1n) is 7.33. The predicted octanol–water partition coefficient (Wildman–Crippen LogP) is 3.52. The molecule has 1 aliphatic carbocycles. The van der Waals surface area contributed by atoms with Gasteiger partial charge in [0.1, 0.15) is 0 Å². The summed E-state index contributed by atoms with van der Waals surface area (Å²) in [5.41, 5.74) is 2.10. The average molecular weight is 290 g/mol. The van der Waals surface area contributed by atoms with Gasteiger partial charge in [-0.05, 0) is 37.7 Å². The number of fused-ring (bicyclic) bond motifs is 1. The molecule has 0 radical (unpaired) electrons. The molecular weight excluding hydrogens is 268 g/mol. The van der Waals surface area contributed by atoms with Crippen LogP contribution in [0.2, 0.25) is 0 Å². The molecular formula is C15H22N4S. The van der Waals surface area contributed by atoms with Crippen molar-refractivity contribution in [1.29, 1.82) is 0 Å². The number of aryl methyl sites for hydroxylation is 1. The number of thioether (sulfide) groups is 1. The van der Waals surface area contributed by atoms with Gasteiger partial charge in [-0.2, -0.15) is 16.7 Å². The molecule has 0 spiro atoms. The Labute approximate surface area is 124 Å². The lowest BCUT2D eigenvalue weighted by atomic mass is 9.88. The van der Waals surface area contributed by atoms with Crippen molar-refractivity contribution in [2.45, 2.75) is 43.8 Å². The van der Waals surface area contributed by atoms with Crippen molar-refractivity contribution in [3.63, 3.8) is 0 Å². The van der Waals surface area contributed by atoms with Gasteiger partial charge < -0.3 is 5.32 Å². The van der Waals surface area contributed by atoms with Crippen LogP contribution in [0.15, 0.2) is 18.3 Å². The maximum atomic E-state index is 4.54. The third kappa shape index (κ3) is 2.77. The third-order valence-corrected chi connectivity index (χ3v) is 5.66. The first kappa shape index (κ1) is 13.7. The Morgan fingerprint density at radius 3 is 2.85 bits per heavy atom. The van der Waals surface area contributed by atoms with Crippen molar-refractivity contribution in [3.05, 3.63) is 23.9 Å². The molecule has 0 saturated heterocycles. The summed E-state index contributed by atoms with van der Waals surface area (Å²) in [5.74, 6) is 0.745. The zero-order valence-electron chi connectivity index (χ0n) is 12.2. The molecule has 0 aromatic carbocycles. The Morgan fingerprint density at radius 1 is 1.30 bits per heavy atom. The fraction of sp³-hybridized carbons (Fsp3) is 0.600. The Hall–Kier alpha value is -1.23. The van der Waals surface area contributed by atoms with Crippen molar-refractivity contribution < 1.29 is 0 Å². The van der Waals surface area contributed by atoms with Gasteiger partial charge in [-0.1, -0.05) is 25.3 Å². The molecule has 0 bridgehead atoms. The summed E-state index contributed by atoms with van der Waals surface area (Å²) >= 11 is 2.00. The van der Waals surface area contributed by atoms with E-state index >= 15 is 0 Å². The zero-order chi connectivity index (χ0) is 14.0. The van der Waals surface area contributed by atoms with Crippen molar-refractivity contribution in [1.82, 2.24) is 14.6 Å². The van der Waals surface area contributed by atoms with E-state index in [0.29, 0.717) is 4.75 Å². The van der Waals surface area contributed by atoms with Gasteiger partial charge in [0.05, 0.1) is 0 Å². The van der Waals surface area contributed by atoms with Crippen molar-refractivity contribution in [2.75, 3.05) is 18.1 Å². The Morgan fingerprint density at radius 2 is 2.10 bits per heavy atom. The highest BCUT2D eigenvalue weighted by Crippen LogP contribution is 2.38. The summed E-state index contributed by atoms with van der Waals surface area (Å²) in [7, 11) is 0. The Balaban J connectivity index is 1.72. The van der Waals surface area contributed by atoms with Crippen LogP contribution in [0.4, 0.5) is 5.95 Å². The fourth-order valence-electron chi connectivity index (χ4n) is 2.95. The fourth-order valence-corrected chi connectivity index (χ4v) is 3.86. The molecule has 4 nitrogen and oxygen atoms in total. The first-order valence-corrected chi connectivity index (χ1v) is 8.55. The molecule has 5 heteroatoms. The SMILES string of the molecule is CSC1(CNc2nc3ccc(C)cn3n2)CCCCC1. The van der Waals surface area contributed by atoms with Gasteiger partial charge in [-0.3, -0.25) is 0 Å². The molecule has 2 heterocycles. The highest BCUT2D eigenvalue weighted by Gasteiger charge is 2.31. The second-order valence-corrected chi connectivity index (χ2v) is 7.02. The largest absolute Gasteiger partial charge is 0.352 e. The van der Waals surface area contributed by atoms with E-state index in [4.69, 9.17) is 0 Å². The molecule has 0 amide bonds. The van der Waals surface area contributed by atoms with Crippen molar-refractivity contribution >= 4 is 23.4 Å². The normalized spacial score (nSPS) is 18.3. The second-order valence-electron chi connectivity index (χ2n) is 5.75. The average Bonchev–Trinajstić information content (AvgIpc) is 2.88. The van der Waals surface area contributed by atoms with E-state index in [2.05, 4.69) is 34.6 Å². The van der Waals surface area contributed by atoms with Gasteiger partial charge >= 0.3 is 0 Å². The molecule has 2 aromatic heterocycles. The predicted molar refractivity (Wildman–Crippen MR) is 85.5 cm³/mol. The summed E-state index contributed by atoms with van der Waals surface area (Å²) in [6.45, 7) is 3.03. The lowest BCUT2D eigenvalue weighted by molar-refractivity contribution is 0.411. The molecule has 0 aliphatic heterocycles. The second kappa shape index (κ2) is 5.64. The molecule has 1 fully saturated rings. The number of hydrogen-bond acceptors (Lipinski definition) is 4. The van der Waals surface area contributed by atoms with E-state index in [1.165, 1.54) is 37.7 Å². The Bertz CT molecular complexity index is 587. The lowest BCUT2D eigenvalue weighted by Crippen LogP contribution is -2.35. The van der Waals surface area contributed by atoms with Crippen molar-refractivity contribution in [2.24, 2.45) is 0 Å². The van der Waals surface area contributed by atoms with Gasteiger partial charge in [0.15, 0.2) is 5.65 Å². The zero-order valence-corrected chi connectivity index (χ0v) is 13.0. The standard InChI is InChI=1S/C15H22N4S/c1-12-6-7-13-17-14(18-19(13)10-12)16-11-15(20-2)8-4-3-5-9-15/h6-7,10H,3-5,8-9,11H2,1-2H3,(H,16,18). The monoisotopic (exact) mass is 290 g/mol. The van der Waals surface area contributed by atoms with Crippen LogP contribution in [-0.4, -0.2) is 32.1 Å². The van der Waals surface area contributed by atoms with E-state index in [1.807, 2.05) is 28.5 Å². The third-order valence-electron chi connectivity index (χ3n) is 4.25. The Kier molecular flexibility index (Phi) is 3.87. The topological polar surface area (TPSA) is 42.2 Å². The summed E-state index contributed by atoms with van der Waals surface area (Å²) in [6.07, 6.45) is 10.9. The number of nitrogens with zero attached hydrogens (tertiary/aromatic N) is 3. The van der Waals surface area contributed by atoms with Crippen LogP contribution in [0.3, 0.4) is 0 Å². The van der Waals surface area contributed by atoms with Crippen LogP contribution >= 0.6 is 11.8 Å².